The van der Waals surface area contributed by atoms with Crippen LogP contribution in [0.1, 0.15) is 43.6 Å². The van der Waals surface area contributed by atoms with Gasteiger partial charge in [-0.05, 0) is 37.7 Å². The highest BCUT2D eigenvalue weighted by atomic mass is 15.3. The van der Waals surface area contributed by atoms with Crippen LogP contribution < -0.4 is 0 Å². The van der Waals surface area contributed by atoms with E-state index in [-0.39, 0.29) is 0 Å². The second-order valence-corrected chi connectivity index (χ2v) is 3.76. The molecule has 0 saturated heterocycles. The summed E-state index contributed by atoms with van der Waals surface area (Å²) in [6, 6.07) is 0. The van der Waals surface area contributed by atoms with Crippen molar-refractivity contribution in [2.45, 2.75) is 52.5 Å². The minimum absolute atomic E-state index is 1.09. The van der Waals surface area contributed by atoms with Gasteiger partial charge in [0.25, 0.3) is 0 Å². The highest BCUT2D eigenvalue weighted by Gasteiger charge is 2.17. The van der Waals surface area contributed by atoms with Crippen LogP contribution in [0.3, 0.4) is 0 Å². The fraction of sp³-hybridized carbons (Fsp3) is 0.727. The van der Waals surface area contributed by atoms with Crippen LogP contribution in [0.5, 0.6) is 0 Å². The Morgan fingerprint density at radius 3 is 2.77 bits per heavy atom. The minimum Gasteiger partial charge on any atom is -0.269 e. The van der Waals surface area contributed by atoms with Gasteiger partial charge in [0.05, 0.1) is 5.69 Å². The topological polar surface area (TPSA) is 17.8 Å². The Bertz CT molecular complexity index is 289. The molecule has 0 aromatic carbocycles. The monoisotopic (exact) mass is 178 g/mol. The van der Waals surface area contributed by atoms with E-state index in [9.17, 15) is 0 Å². The Morgan fingerprint density at radius 2 is 2.08 bits per heavy atom. The van der Waals surface area contributed by atoms with E-state index in [1.807, 2.05) is 0 Å². The van der Waals surface area contributed by atoms with E-state index in [1.54, 1.807) is 0 Å². The van der Waals surface area contributed by atoms with Crippen molar-refractivity contribution in [2.24, 2.45) is 0 Å². The van der Waals surface area contributed by atoms with Crippen LogP contribution in [0.25, 0.3) is 0 Å². The molecule has 72 valence electrons. The summed E-state index contributed by atoms with van der Waals surface area (Å²) in [4.78, 5) is 0. The molecule has 1 aliphatic rings. The molecule has 0 unspecified atom stereocenters. The molecule has 0 N–H and O–H groups in total. The summed E-state index contributed by atoms with van der Waals surface area (Å²) in [6.07, 6.45) is 6.14. The molecule has 2 heterocycles. The number of hydrogen-bond acceptors (Lipinski definition) is 1. The van der Waals surface area contributed by atoms with Gasteiger partial charge in [0.15, 0.2) is 0 Å². The molecule has 0 bridgehead atoms. The maximum absolute atomic E-state index is 4.66. The van der Waals surface area contributed by atoms with Gasteiger partial charge in [-0.25, -0.2) is 0 Å². The second kappa shape index (κ2) is 3.52. The molecule has 0 aliphatic carbocycles. The van der Waals surface area contributed by atoms with Gasteiger partial charge in [0.2, 0.25) is 0 Å². The molecule has 2 nitrogen and oxygen atoms in total. The average Bonchev–Trinajstić information content (AvgIpc) is 2.55. The molecule has 0 atom stereocenters. The summed E-state index contributed by atoms with van der Waals surface area (Å²) in [7, 11) is 0. The molecule has 2 heteroatoms. The number of fused-ring (bicyclic) bond motifs is 1. The van der Waals surface area contributed by atoms with E-state index in [2.05, 4.69) is 23.6 Å². The van der Waals surface area contributed by atoms with Crippen LogP contribution in [0.4, 0.5) is 0 Å². The molecular weight excluding hydrogens is 160 g/mol. The minimum atomic E-state index is 1.09. The number of rotatable bonds is 2. The van der Waals surface area contributed by atoms with Crippen LogP contribution in [-0.2, 0) is 25.8 Å². The summed E-state index contributed by atoms with van der Waals surface area (Å²) in [5, 5.41) is 4.66. The Kier molecular flexibility index (Phi) is 2.38. The molecule has 0 fully saturated rings. The molecular formula is C11H18N2. The molecule has 1 aromatic heterocycles. The molecule has 1 aliphatic heterocycles. The third-order valence-corrected chi connectivity index (χ3v) is 2.97. The van der Waals surface area contributed by atoms with Crippen LogP contribution in [0, 0.1) is 0 Å². The van der Waals surface area contributed by atoms with E-state index in [0.29, 0.717) is 0 Å². The van der Waals surface area contributed by atoms with Gasteiger partial charge in [-0.15, -0.1) is 0 Å². The van der Waals surface area contributed by atoms with Gasteiger partial charge >= 0.3 is 0 Å². The smallest absolute Gasteiger partial charge is 0.0656 e. The van der Waals surface area contributed by atoms with Crippen LogP contribution in [0.15, 0.2) is 0 Å². The first-order valence-electron chi connectivity index (χ1n) is 5.44. The third kappa shape index (κ3) is 1.38. The first-order valence-corrected chi connectivity index (χ1v) is 5.44. The first kappa shape index (κ1) is 8.79. The Balaban J connectivity index is 2.44. The van der Waals surface area contributed by atoms with Gasteiger partial charge in [-0.1, -0.05) is 13.8 Å². The van der Waals surface area contributed by atoms with Gasteiger partial charge < -0.3 is 0 Å². The highest BCUT2D eigenvalue weighted by Crippen LogP contribution is 2.22. The molecule has 1 aromatic rings. The van der Waals surface area contributed by atoms with Crippen molar-refractivity contribution < 1.29 is 0 Å². The number of nitrogens with zero attached hydrogens (tertiary/aromatic N) is 2. The fourth-order valence-corrected chi connectivity index (χ4v) is 2.30. The normalized spacial score (nSPS) is 15.8. The summed E-state index contributed by atoms with van der Waals surface area (Å²) >= 11 is 0. The van der Waals surface area contributed by atoms with Gasteiger partial charge in [0.1, 0.15) is 0 Å². The SMILES string of the molecule is CCc1nn2c(c1CC)CCCC2. The van der Waals surface area contributed by atoms with Crippen molar-refractivity contribution in [1.29, 1.82) is 0 Å². The average molecular weight is 178 g/mol. The van der Waals surface area contributed by atoms with Crippen molar-refractivity contribution in [1.82, 2.24) is 9.78 Å². The van der Waals surface area contributed by atoms with E-state index < -0.39 is 0 Å². The van der Waals surface area contributed by atoms with E-state index in [0.717, 1.165) is 19.4 Å². The van der Waals surface area contributed by atoms with Gasteiger partial charge in [-0.3, -0.25) is 4.68 Å². The standard InChI is InChI=1S/C11H18N2/c1-3-9-10(4-2)12-13-8-6-5-7-11(9)13/h3-8H2,1-2H3. The van der Waals surface area contributed by atoms with E-state index >= 15 is 0 Å². The van der Waals surface area contributed by atoms with Crippen molar-refractivity contribution in [3.8, 4) is 0 Å². The lowest BCUT2D eigenvalue weighted by Gasteiger charge is -2.13. The Morgan fingerprint density at radius 1 is 1.23 bits per heavy atom. The van der Waals surface area contributed by atoms with Crippen molar-refractivity contribution >= 4 is 0 Å². The third-order valence-electron chi connectivity index (χ3n) is 2.97. The predicted molar refractivity (Wildman–Crippen MR) is 53.9 cm³/mol. The summed E-state index contributed by atoms with van der Waals surface area (Å²) in [5.74, 6) is 0. The second-order valence-electron chi connectivity index (χ2n) is 3.76. The largest absolute Gasteiger partial charge is 0.269 e. The fourth-order valence-electron chi connectivity index (χ4n) is 2.30. The van der Waals surface area contributed by atoms with Gasteiger partial charge in [0, 0.05) is 12.2 Å². The maximum Gasteiger partial charge on any atom is 0.0656 e. The molecule has 0 spiro atoms. The molecule has 2 rings (SSSR count). The maximum atomic E-state index is 4.66. The molecule has 13 heavy (non-hydrogen) atoms. The van der Waals surface area contributed by atoms with Crippen LogP contribution in [-0.4, -0.2) is 9.78 Å². The quantitative estimate of drug-likeness (QED) is 0.679. The number of aromatic nitrogens is 2. The lowest BCUT2D eigenvalue weighted by atomic mass is 10.0. The van der Waals surface area contributed by atoms with Crippen LogP contribution >= 0.6 is 0 Å². The number of hydrogen-bond donors (Lipinski definition) is 0. The predicted octanol–water partition coefficient (Wildman–Crippen LogP) is 2.34. The molecule has 0 radical (unpaired) electrons. The van der Waals surface area contributed by atoms with E-state index in [4.69, 9.17) is 0 Å². The van der Waals surface area contributed by atoms with Crippen molar-refractivity contribution in [3.05, 3.63) is 17.0 Å². The molecule has 0 saturated carbocycles. The lowest BCUT2D eigenvalue weighted by Crippen LogP contribution is -2.11. The van der Waals surface area contributed by atoms with E-state index in [1.165, 1.54) is 36.2 Å². The zero-order valence-electron chi connectivity index (χ0n) is 8.64. The Hall–Kier alpha value is -0.790. The van der Waals surface area contributed by atoms with Crippen LogP contribution in [0.2, 0.25) is 0 Å². The lowest BCUT2D eigenvalue weighted by molar-refractivity contribution is 0.482. The highest BCUT2D eigenvalue weighted by molar-refractivity contribution is 5.27. The zero-order valence-corrected chi connectivity index (χ0v) is 8.64. The first-order chi connectivity index (χ1) is 6.36. The zero-order chi connectivity index (χ0) is 9.26. The summed E-state index contributed by atoms with van der Waals surface area (Å²) in [6.45, 7) is 5.58. The van der Waals surface area contributed by atoms with Gasteiger partial charge in [-0.2, -0.15) is 5.10 Å². The van der Waals surface area contributed by atoms with Crippen molar-refractivity contribution in [2.75, 3.05) is 0 Å². The summed E-state index contributed by atoms with van der Waals surface area (Å²) < 4.78 is 2.24. The van der Waals surface area contributed by atoms with Crippen molar-refractivity contribution in [3.63, 3.8) is 0 Å². The number of aryl methyl sites for hydroxylation is 2. The Labute approximate surface area is 80.0 Å². The molecule has 0 amide bonds. The summed E-state index contributed by atoms with van der Waals surface area (Å²) in [5.41, 5.74) is 4.38.